The zero-order valence-corrected chi connectivity index (χ0v) is 12.6. The van der Waals surface area contributed by atoms with Crippen molar-refractivity contribution < 1.29 is 0 Å². The van der Waals surface area contributed by atoms with E-state index in [2.05, 4.69) is 42.0 Å². The Hall–Kier alpha value is -1.09. The van der Waals surface area contributed by atoms with E-state index >= 15 is 0 Å². The van der Waals surface area contributed by atoms with Crippen LogP contribution in [0.4, 0.5) is 5.69 Å². The van der Waals surface area contributed by atoms with Gasteiger partial charge in [0.15, 0.2) is 0 Å². The molecule has 19 heavy (non-hydrogen) atoms. The van der Waals surface area contributed by atoms with Crippen LogP contribution in [0.2, 0.25) is 0 Å². The van der Waals surface area contributed by atoms with Crippen molar-refractivity contribution in [3.05, 3.63) is 24.0 Å². The third-order valence-electron chi connectivity index (χ3n) is 3.87. The number of piperidine rings is 1. The maximum absolute atomic E-state index is 4.33. The van der Waals surface area contributed by atoms with E-state index < -0.39 is 0 Å². The monoisotopic (exact) mass is 261 g/mol. The van der Waals surface area contributed by atoms with Gasteiger partial charge in [0.1, 0.15) is 0 Å². The molecule has 1 N–H and O–H groups in total. The predicted octanol–water partition coefficient (Wildman–Crippen LogP) is 3.21. The highest BCUT2D eigenvalue weighted by Gasteiger charge is 2.27. The lowest BCUT2D eigenvalue weighted by molar-refractivity contribution is 0.292. The van der Waals surface area contributed by atoms with Gasteiger partial charge in [-0.25, -0.2) is 0 Å². The van der Waals surface area contributed by atoms with Gasteiger partial charge in [-0.3, -0.25) is 4.98 Å². The Labute approximate surface area is 117 Å². The normalized spacial score (nSPS) is 18.6. The SMILES string of the molecule is CCCNCc1ccncc1N1CCCC(C)(C)C1. The summed E-state index contributed by atoms with van der Waals surface area (Å²) in [5, 5.41) is 3.50. The fourth-order valence-electron chi connectivity index (χ4n) is 2.88. The molecule has 1 aromatic rings. The van der Waals surface area contributed by atoms with Crippen molar-refractivity contribution in [2.75, 3.05) is 24.5 Å². The molecular weight excluding hydrogens is 234 g/mol. The molecule has 0 aliphatic carbocycles. The van der Waals surface area contributed by atoms with Gasteiger partial charge in [0, 0.05) is 25.8 Å². The van der Waals surface area contributed by atoms with Gasteiger partial charge < -0.3 is 10.2 Å². The molecular formula is C16H27N3. The molecule has 0 radical (unpaired) electrons. The third kappa shape index (κ3) is 3.93. The number of rotatable bonds is 5. The molecule has 0 unspecified atom stereocenters. The number of anilines is 1. The van der Waals surface area contributed by atoms with Crippen LogP contribution in [-0.2, 0) is 6.54 Å². The molecule has 0 saturated carbocycles. The fraction of sp³-hybridized carbons (Fsp3) is 0.688. The van der Waals surface area contributed by atoms with Crippen LogP contribution in [-0.4, -0.2) is 24.6 Å². The summed E-state index contributed by atoms with van der Waals surface area (Å²) < 4.78 is 0. The van der Waals surface area contributed by atoms with Crippen molar-refractivity contribution in [2.45, 2.75) is 46.6 Å². The highest BCUT2D eigenvalue weighted by Crippen LogP contribution is 2.32. The Kier molecular flexibility index (Phi) is 4.81. The molecule has 1 aromatic heterocycles. The summed E-state index contributed by atoms with van der Waals surface area (Å²) in [6.45, 7) is 11.3. The lowest BCUT2D eigenvalue weighted by Gasteiger charge is -2.40. The first-order chi connectivity index (χ1) is 9.12. The second-order valence-electron chi connectivity index (χ2n) is 6.37. The summed E-state index contributed by atoms with van der Waals surface area (Å²) in [5.41, 5.74) is 3.11. The predicted molar refractivity (Wildman–Crippen MR) is 81.5 cm³/mol. The van der Waals surface area contributed by atoms with Crippen LogP contribution in [0.25, 0.3) is 0 Å². The Bertz CT molecular complexity index is 401. The highest BCUT2D eigenvalue weighted by atomic mass is 15.2. The zero-order chi connectivity index (χ0) is 13.7. The number of hydrogen-bond acceptors (Lipinski definition) is 3. The molecule has 106 valence electrons. The van der Waals surface area contributed by atoms with E-state index in [1.807, 2.05) is 12.4 Å². The molecule has 0 atom stereocenters. The van der Waals surface area contributed by atoms with E-state index in [9.17, 15) is 0 Å². The maximum atomic E-state index is 4.33. The second-order valence-corrected chi connectivity index (χ2v) is 6.37. The van der Waals surface area contributed by atoms with Crippen molar-refractivity contribution >= 4 is 5.69 Å². The first-order valence-corrected chi connectivity index (χ1v) is 7.51. The molecule has 3 nitrogen and oxygen atoms in total. The molecule has 0 aromatic carbocycles. The van der Waals surface area contributed by atoms with Gasteiger partial charge in [-0.15, -0.1) is 0 Å². The van der Waals surface area contributed by atoms with Gasteiger partial charge in [-0.05, 0) is 42.9 Å². The third-order valence-corrected chi connectivity index (χ3v) is 3.87. The molecule has 3 heteroatoms. The maximum Gasteiger partial charge on any atom is 0.0598 e. The molecule has 2 heterocycles. The summed E-state index contributed by atoms with van der Waals surface area (Å²) in [4.78, 5) is 6.84. The van der Waals surface area contributed by atoms with Crippen LogP contribution in [0, 0.1) is 5.41 Å². The lowest BCUT2D eigenvalue weighted by atomic mass is 9.84. The quantitative estimate of drug-likeness (QED) is 0.825. The van der Waals surface area contributed by atoms with Gasteiger partial charge >= 0.3 is 0 Å². The second kappa shape index (κ2) is 6.38. The van der Waals surface area contributed by atoms with E-state index in [0.717, 1.165) is 26.2 Å². The average molecular weight is 261 g/mol. The molecule has 1 fully saturated rings. The number of aromatic nitrogens is 1. The number of nitrogens with zero attached hydrogens (tertiary/aromatic N) is 2. The van der Waals surface area contributed by atoms with Crippen LogP contribution in [0.15, 0.2) is 18.5 Å². The van der Waals surface area contributed by atoms with Gasteiger partial charge in [0.25, 0.3) is 0 Å². The van der Waals surface area contributed by atoms with Crippen LogP contribution in [0.1, 0.15) is 45.6 Å². The van der Waals surface area contributed by atoms with E-state index in [-0.39, 0.29) is 0 Å². The average Bonchev–Trinajstić information content (AvgIpc) is 2.38. The van der Waals surface area contributed by atoms with Crippen molar-refractivity contribution in [1.82, 2.24) is 10.3 Å². The van der Waals surface area contributed by atoms with Gasteiger partial charge in [-0.2, -0.15) is 0 Å². The Morgan fingerprint density at radius 3 is 3.00 bits per heavy atom. The highest BCUT2D eigenvalue weighted by molar-refractivity contribution is 5.52. The summed E-state index contributed by atoms with van der Waals surface area (Å²) in [6.07, 6.45) is 7.72. The Morgan fingerprint density at radius 1 is 1.42 bits per heavy atom. The number of pyridine rings is 1. The number of hydrogen-bond donors (Lipinski definition) is 1. The van der Waals surface area contributed by atoms with Crippen molar-refractivity contribution in [3.63, 3.8) is 0 Å². The van der Waals surface area contributed by atoms with Crippen LogP contribution >= 0.6 is 0 Å². The molecule has 1 saturated heterocycles. The van der Waals surface area contributed by atoms with E-state index in [1.165, 1.54) is 30.5 Å². The van der Waals surface area contributed by atoms with E-state index in [1.54, 1.807) is 0 Å². The fourth-order valence-corrected chi connectivity index (χ4v) is 2.88. The van der Waals surface area contributed by atoms with Crippen molar-refractivity contribution in [1.29, 1.82) is 0 Å². The van der Waals surface area contributed by atoms with Crippen LogP contribution in [0.3, 0.4) is 0 Å². The Morgan fingerprint density at radius 2 is 2.26 bits per heavy atom. The minimum atomic E-state index is 0.419. The van der Waals surface area contributed by atoms with Crippen LogP contribution < -0.4 is 10.2 Å². The summed E-state index contributed by atoms with van der Waals surface area (Å²) in [7, 11) is 0. The number of nitrogens with one attached hydrogen (secondary N) is 1. The molecule has 1 aliphatic rings. The molecule has 2 rings (SSSR count). The van der Waals surface area contributed by atoms with Crippen molar-refractivity contribution in [3.8, 4) is 0 Å². The van der Waals surface area contributed by atoms with E-state index in [0.29, 0.717) is 5.41 Å². The Balaban J connectivity index is 2.10. The molecule has 0 bridgehead atoms. The van der Waals surface area contributed by atoms with Gasteiger partial charge in [0.2, 0.25) is 0 Å². The molecule has 1 aliphatic heterocycles. The first-order valence-electron chi connectivity index (χ1n) is 7.51. The minimum absolute atomic E-state index is 0.419. The van der Waals surface area contributed by atoms with E-state index in [4.69, 9.17) is 0 Å². The molecule has 0 amide bonds. The summed E-state index contributed by atoms with van der Waals surface area (Å²) in [5.74, 6) is 0. The standard InChI is InChI=1S/C16H27N3/c1-4-8-17-11-14-6-9-18-12-15(14)19-10-5-7-16(2,3)13-19/h6,9,12,17H,4-5,7-8,10-11,13H2,1-3H3. The minimum Gasteiger partial charge on any atom is -0.369 e. The molecule has 0 spiro atoms. The lowest BCUT2D eigenvalue weighted by Crippen LogP contribution is -2.40. The zero-order valence-electron chi connectivity index (χ0n) is 12.6. The van der Waals surface area contributed by atoms with Crippen molar-refractivity contribution in [2.24, 2.45) is 5.41 Å². The van der Waals surface area contributed by atoms with Gasteiger partial charge in [-0.1, -0.05) is 20.8 Å². The van der Waals surface area contributed by atoms with Gasteiger partial charge in [0.05, 0.1) is 11.9 Å². The smallest absolute Gasteiger partial charge is 0.0598 e. The first kappa shape index (κ1) is 14.3. The van der Waals surface area contributed by atoms with Crippen LogP contribution in [0.5, 0.6) is 0 Å². The summed E-state index contributed by atoms with van der Waals surface area (Å²) >= 11 is 0. The largest absolute Gasteiger partial charge is 0.369 e. The summed E-state index contributed by atoms with van der Waals surface area (Å²) in [6, 6.07) is 2.15. The topological polar surface area (TPSA) is 28.2 Å².